The molecule has 1 saturated heterocycles. The Labute approximate surface area is 94.4 Å². The van der Waals surface area contributed by atoms with Crippen LogP contribution in [0.1, 0.15) is 12.8 Å². The molecule has 1 aliphatic heterocycles. The lowest BCUT2D eigenvalue weighted by Crippen LogP contribution is -2.41. The molecule has 0 bridgehead atoms. The second-order valence-electron chi connectivity index (χ2n) is 3.89. The predicted octanol–water partition coefficient (Wildman–Crippen LogP) is 1.12. The van der Waals surface area contributed by atoms with E-state index in [4.69, 9.17) is 5.73 Å². The minimum absolute atomic E-state index is 0.226. The lowest BCUT2D eigenvalue weighted by Gasteiger charge is -2.30. The number of hydrogen-bond acceptors (Lipinski definition) is 3. The number of fused-ring (bicyclic) bond motifs is 1. The van der Waals surface area contributed by atoms with Crippen LogP contribution in [0.3, 0.4) is 0 Å². The SMILES string of the molecule is NC(=O)CN1CCCSC2=CC=CCC21. The third-order valence-electron chi connectivity index (χ3n) is 2.74. The van der Waals surface area contributed by atoms with Crippen molar-refractivity contribution in [2.45, 2.75) is 18.9 Å². The first-order valence-corrected chi connectivity index (χ1v) is 6.28. The first-order valence-electron chi connectivity index (χ1n) is 5.29. The number of nitrogens with two attached hydrogens (primary N) is 1. The zero-order valence-electron chi connectivity index (χ0n) is 8.69. The average Bonchev–Trinajstić information content (AvgIpc) is 2.41. The van der Waals surface area contributed by atoms with Crippen LogP contribution in [0.4, 0.5) is 0 Å². The van der Waals surface area contributed by atoms with Crippen LogP contribution in [0.2, 0.25) is 0 Å². The number of hydrogen-bond donors (Lipinski definition) is 1. The van der Waals surface area contributed by atoms with E-state index in [0.29, 0.717) is 12.6 Å². The van der Waals surface area contributed by atoms with Crippen LogP contribution >= 0.6 is 11.8 Å². The van der Waals surface area contributed by atoms with E-state index < -0.39 is 0 Å². The highest BCUT2D eigenvalue weighted by Gasteiger charge is 2.26. The molecule has 1 heterocycles. The molecule has 1 unspecified atom stereocenters. The Balaban J connectivity index is 2.12. The zero-order valence-corrected chi connectivity index (χ0v) is 9.50. The van der Waals surface area contributed by atoms with Crippen molar-refractivity contribution in [3.8, 4) is 0 Å². The zero-order chi connectivity index (χ0) is 10.7. The van der Waals surface area contributed by atoms with E-state index in [9.17, 15) is 4.79 Å². The topological polar surface area (TPSA) is 46.3 Å². The standard InChI is InChI=1S/C11H16N2OS/c12-11(14)8-13-6-3-7-15-10-5-2-1-4-9(10)13/h1-2,5,9H,3-4,6-8H2,(H2,12,14). The Kier molecular flexibility index (Phi) is 3.49. The molecule has 1 atom stereocenters. The third kappa shape index (κ3) is 2.63. The monoisotopic (exact) mass is 224 g/mol. The molecule has 1 aliphatic carbocycles. The van der Waals surface area contributed by atoms with Gasteiger partial charge in [0, 0.05) is 17.5 Å². The molecule has 0 aromatic heterocycles. The summed E-state index contributed by atoms with van der Waals surface area (Å²) in [4.78, 5) is 14.6. The average molecular weight is 224 g/mol. The number of primary amides is 1. The molecule has 0 spiro atoms. The van der Waals surface area contributed by atoms with Gasteiger partial charge in [0.25, 0.3) is 0 Å². The van der Waals surface area contributed by atoms with E-state index in [-0.39, 0.29) is 5.91 Å². The number of nitrogens with zero attached hydrogens (tertiary/aromatic N) is 1. The summed E-state index contributed by atoms with van der Waals surface area (Å²) in [6, 6.07) is 0.384. The Morgan fingerprint density at radius 1 is 1.67 bits per heavy atom. The number of carbonyl (C=O) groups is 1. The Morgan fingerprint density at radius 2 is 2.53 bits per heavy atom. The van der Waals surface area contributed by atoms with Gasteiger partial charge in [0.2, 0.25) is 5.91 Å². The smallest absolute Gasteiger partial charge is 0.231 e. The van der Waals surface area contributed by atoms with Crippen LogP contribution in [0.5, 0.6) is 0 Å². The summed E-state index contributed by atoms with van der Waals surface area (Å²) in [5, 5.41) is 0. The van der Waals surface area contributed by atoms with Gasteiger partial charge in [-0.25, -0.2) is 0 Å². The van der Waals surface area contributed by atoms with Gasteiger partial charge < -0.3 is 5.73 Å². The largest absolute Gasteiger partial charge is 0.369 e. The lowest BCUT2D eigenvalue weighted by atomic mass is 10.1. The van der Waals surface area contributed by atoms with Gasteiger partial charge in [-0.05, 0) is 18.6 Å². The van der Waals surface area contributed by atoms with Crippen molar-refractivity contribution in [3.63, 3.8) is 0 Å². The summed E-state index contributed by atoms with van der Waals surface area (Å²) in [6.45, 7) is 1.36. The molecule has 1 amide bonds. The van der Waals surface area contributed by atoms with Crippen molar-refractivity contribution in [1.82, 2.24) is 4.90 Å². The van der Waals surface area contributed by atoms with Crippen molar-refractivity contribution in [2.75, 3.05) is 18.8 Å². The van der Waals surface area contributed by atoms with E-state index in [2.05, 4.69) is 23.1 Å². The maximum Gasteiger partial charge on any atom is 0.231 e. The van der Waals surface area contributed by atoms with Gasteiger partial charge in [-0.2, -0.15) is 0 Å². The second kappa shape index (κ2) is 4.86. The molecule has 1 fully saturated rings. The fraction of sp³-hybridized carbons (Fsp3) is 0.545. The van der Waals surface area contributed by atoms with Crippen LogP contribution in [0.15, 0.2) is 23.1 Å². The quantitative estimate of drug-likeness (QED) is 0.764. The highest BCUT2D eigenvalue weighted by atomic mass is 32.2. The highest BCUT2D eigenvalue weighted by Crippen LogP contribution is 2.32. The van der Waals surface area contributed by atoms with Gasteiger partial charge in [0.15, 0.2) is 0 Å². The summed E-state index contributed by atoms with van der Waals surface area (Å²) in [5.41, 5.74) is 5.27. The highest BCUT2D eigenvalue weighted by molar-refractivity contribution is 8.03. The van der Waals surface area contributed by atoms with Crippen molar-refractivity contribution in [1.29, 1.82) is 0 Å². The minimum atomic E-state index is -0.226. The normalized spacial score (nSPS) is 26.7. The summed E-state index contributed by atoms with van der Waals surface area (Å²) in [5.74, 6) is 0.918. The minimum Gasteiger partial charge on any atom is -0.369 e. The van der Waals surface area contributed by atoms with Crippen molar-refractivity contribution in [2.24, 2.45) is 5.73 Å². The fourth-order valence-corrected chi connectivity index (χ4v) is 3.20. The van der Waals surface area contributed by atoms with Gasteiger partial charge in [-0.3, -0.25) is 9.69 Å². The van der Waals surface area contributed by atoms with Crippen LogP contribution in [0, 0.1) is 0 Å². The van der Waals surface area contributed by atoms with E-state index in [0.717, 1.165) is 25.1 Å². The predicted molar refractivity (Wildman–Crippen MR) is 63.5 cm³/mol. The fourth-order valence-electron chi connectivity index (χ4n) is 2.07. The number of rotatable bonds is 2. The van der Waals surface area contributed by atoms with Gasteiger partial charge >= 0.3 is 0 Å². The van der Waals surface area contributed by atoms with Crippen LogP contribution in [-0.2, 0) is 4.79 Å². The lowest BCUT2D eigenvalue weighted by molar-refractivity contribution is -0.119. The second-order valence-corrected chi connectivity index (χ2v) is 5.06. The molecule has 0 aromatic carbocycles. The number of thioether (sulfide) groups is 1. The van der Waals surface area contributed by atoms with Crippen molar-refractivity contribution in [3.05, 3.63) is 23.1 Å². The molecule has 0 radical (unpaired) electrons. The summed E-state index contributed by atoms with van der Waals surface area (Å²) < 4.78 is 0. The molecule has 4 heteroatoms. The maximum absolute atomic E-state index is 11.0. The van der Waals surface area contributed by atoms with Gasteiger partial charge in [0.05, 0.1) is 6.54 Å². The maximum atomic E-state index is 11.0. The van der Waals surface area contributed by atoms with Gasteiger partial charge in [-0.15, -0.1) is 11.8 Å². The van der Waals surface area contributed by atoms with Crippen molar-refractivity contribution >= 4 is 17.7 Å². The summed E-state index contributed by atoms with van der Waals surface area (Å²) >= 11 is 1.91. The Hall–Kier alpha value is -0.740. The van der Waals surface area contributed by atoms with E-state index >= 15 is 0 Å². The summed E-state index contributed by atoms with van der Waals surface area (Å²) in [7, 11) is 0. The molecule has 0 aromatic rings. The molecule has 0 saturated carbocycles. The van der Waals surface area contributed by atoms with E-state index in [1.165, 1.54) is 4.91 Å². The molecule has 2 N–H and O–H groups in total. The molecule has 15 heavy (non-hydrogen) atoms. The first kappa shape index (κ1) is 10.8. The molecule has 2 rings (SSSR count). The van der Waals surface area contributed by atoms with E-state index in [1.54, 1.807) is 0 Å². The molecule has 82 valence electrons. The van der Waals surface area contributed by atoms with Gasteiger partial charge in [-0.1, -0.05) is 18.2 Å². The number of amides is 1. The first-order chi connectivity index (χ1) is 7.27. The van der Waals surface area contributed by atoms with Crippen molar-refractivity contribution < 1.29 is 4.79 Å². The van der Waals surface area contributed by atoms with Crippen LogP contribution < -0.4 is 5.73 Å². The summed E-state index contributed by atoms with van der Waals surface area (Å²) in [6.07, 6.45) is 8.57. The van der Waals surface area contributed by atoms with Gasteiger partial charge in [0.1, 0.15) is 0 Å². The number of carbonyl (C=O) groups excluding carboxylic acids is 1. The Bertz CT molecular complexity index is 312. The van der Waals surface area contributed by atoms with Crippen LogP contribution in [-0.4, -0.2) is 35.7 Å². The third-order valence-corrected chi connectivity index (χ3v) is 3.98. The molecular weight excluding hydrogens is 208 g/mol. The Morgan fingerprint density at radius 3 is 3.33 bits per heavy atom. The molecule has 2 aliphatic rings. The number of allylic oxidation sites excluding steroid dienone is 2. The molecular formula is C11H16N2OS. The molecule has 3 nitrogen and oxygen atoms in total. The van der Waals surface area contributed by atoms with Crippen LogP contribution in [0.25, 0.3) is 0 Å². The van der Waals surface area contributed by atoms with E-state index in [1.807, 2.05) is 11.8 Å².